The highest BCUT2D eigenvalue weighted by molar-refractivity contribution is 5.75. The van der Waals surface area contributed by atoms with E-state index < -0.39 is 0 Å². The van der Waals surface area contributed by atoms with Crippen LogP contribution in [0.1, 0.15) is 26.2 Å². The zero-order chi connectivity index (χ0) is 4.83. The summed E-state index contributed by atoms with van der Waals surface area (Å²) in [5.74, 6) is 2.57. The lowest BCUT2D eigenvalue weighted by molar-refractivity contribution is 0.828. The minimum Gasteiger partial charge on any atom is -0.120 e. The van der Waals surface area contributed by atoms with Crippen molar-refractivity contribution >= 4 is 11.0 Å². The highest BCUT2D eigenvalue weighted by Crippen LogP contribution is 1.88. The second kappa shape index (κ2) is 9.24. The van der Waals surface area contributed by atoms with Crippen LogP contribution in [0.5, 0.6) is 0 Å². The van der Waals surface area contributed by atoms with Crippen LogP contribution in [-0.4, -0.2) is 11.0 Å². The Morgan fingerprint density at radius 3 is 2.29 bits per heavy atom. The van der Waals surface area contributed by atoms with Crippen molar-refractivity contribution < 1.29 is 0 Å². The van der Waals surface area contributed by atoms with Crippen LogP contribution in [-0.2, 0) is 0 Å². The Bertz CT molecular complexity index is 51.7. The number of terminal acetylenes is 1. The maximum Gasteiger partial charge on any atom is 0.00859 e. The highest BCUT2D eigenvalue weighted by Gasteiger charge is 1.71. The first-order chi connectivity index (χ1) is 2.91. The van der Waals surface area contributed by atoms with Gasteiger partial charge in [0.25, 0.3) is 0 Å². The molecule has 0 fully saturated rings. The summed E-state index contributed by atoms with van der Waals surface area (Å²) in [5.41, 5.74) is 0. The molecule has 0 spiro atoms. The van der Waals surface area contributed by atoms with Crippen molar-refractivity contribution in [3.05, 3.63) is 0 Å². The second-order valence-corrected chi connectivity index (χ2v) is 1.31. The van der Waals surface area contributed by atoms with Gasteiger partial charge >= 0.3 is 0 Å². The quantitative estimate of drug-likeness (QED) is 0.286. The zero-order valence-corrected chi connectivity index (χ0v) is 5.70. The van der Waals surface area contributed by atoms with Crippen molar-refractivity contribution in [3.8, 4) is 12.3 Å². The Labute approximate surface area is 50.3 Å². The van der Waals surface area contributed by atoms with Gasteiger partial charge in [-0.05, 0) is 6.42 Å². The Morgan fingerprint density at radius 2 is 2.14 bits per heavy atom. The van der Waals surface area contributed by atoms with Crippen molar-refractivity contribution in [2.24, 2.45) is 0 Å². The van der Waals surface area contributed by atoms with Gasteiger partial charge in [-0.2, -0.15) is 0 Å². The summed E-state index contributed by atoms with van der Waals surface area (Å²) in [5, 5.41) is 0. The van der Waals surface area contributed by atoms with E-state index in [9.17, 15) is 0 Å². The van der Waals surface area contributed by atoms with Crippen LogP contribution < -0.4 is 0 Å². The smallest absolute Gasteiger partial charge is 0.00859 e. The molecule has 0 aromatic rings. The van der Waals surface area contributed by atoms with Crippen molar-refractivity contribution in [1.82, 2.24) is 0 Å². The van der Waals surface area contributed by atoms with Crippen molar-refractivity contribution in [2.75, 3.05) is 0 Å². The molecule has 0 amide bonds. The molecule has 0 aliphatic carbocycles. The number of hydrogen-bond donors (Lipinski definition) is 0. The second-order valence-electron chi connectivity index (χ2n) is 1.31. The van der Waals surface area contributed by atoms with Gasteiger partial charge in [-0.25, -0.2) is 0 Å². The van der Waals surface area contributed by atoms with Gasteiger partial charge in [0.1, 0.15) is 0 Å². The molecule has 0 bridgehead atoms. The van der Waals surface area contributed by atoms with Gasteiger partial charge in [0.15, 0.2) is 0 Å². The molecule has 0 N–H and O–H groups in total. The van der Waals surface area contributed by atoms with E-state index in [-0.39, 0.29) is 11.0 Å². The molecule has 1 heteroatoms. The summed E-state index contributed by atoms with van der Waals surface area (Å²) < 4.78 is 0. The lowest BCUT2D eigenvalue weighted by atomic mass is 10.3. The minimum atomic E-state index is 0. The average Bonchev–Trinajstić information content (AvgIpc) is 1.61. The third-order valence-corrected chi connectivity index (χ3v) is 0.675. The maximum absolute atomic E-state index is 4.96. The molecule has 0 saturated heterocycles. The van der Waals surface area contributed by atoms with E-state index in [2.05, 4.69) is 12.8 Å². The summed E-state index contributed by atoms with van der Waals surface area (Å²) in [4.78, 5) is 0. The summed E-state index contributed by atoms with van der Waals surface area (Å²) >= 11 is 0. The Balaban J connectivity index is 0. The molecular weight excluding hydrogens is 100 g/mol. The van der Waals surface area contributed by atoms with E-state index in [0.717, 1.165) is 6.42 Å². The van der Waals surface area contributed by atoms with Crippen LogP contribution in [0.4, 0.5) is 0 Å². The highest BCUT2D eigenvalue weighted by atomic mass is 28.1. The van der Waals surface area contributed by atoms with Crippen LogP contribution in [0, 0.1) is 12.3 Å². The molecule has 0 aromatic heterocycles. The first kappa shape index (κ1) is 9.91. The molecule has 0 heterocycles. The third kappa shape index (κ3) is 10.7. The Kier molecular flexibility index (Phi) is 13.1. The predicted molar refractivity (Wildman–Crippen MR) is 34.1 cm³/mol. The third-order valence-electron chi connectivity index (χ3n) is 0.675. The summed E-state index contributed by atoms with van der Waals surface area (Å²) in [6.07, 6.45) is 8.30. The van der Waals surface area contributed by atoms with E-state index in [1.165, 1.54) is 12.8 Å². The van der Waals surface area contributed by atoms with Gasteiger partial charge in [0.2, 0.25) is 0 Å². The first-order valence-corrected chi connectivity index (χ1v) is 2.35. The van der Waals surface area contributed by atoms with Gasteiger partial charge in [0.05, 0.1) is 0 Å². The molecule has 7 heavy (non-hydrogen) atoms. The first-order valence-electron chi connectivity index (χ1n) is 2.35. The van der Waals surface area contributed by atoms with Gasteiger partial charge in [-0.3, -0.25) is 0 Å². The molecule has 0 aliphatic rings. The average molecular weight is 110 g/mol. The number of rotatable bonds is 2. The molecular formula is C6H10Si. The van der Waals surface area contributed by atoms with Crippen molar-refractivity contribution in [1.29, 1.82) is 0 Å². The monoisotopic (exact) mass is 110 g/mol. The van der Waals surface area contributed by atoms with Crippen LogP contribution in [0.3, 0.4) is 0 Å². The lowest BCUT2D eigenvalue weighted by Crippen LogP contribution is -1.62. The summed E-state index contributed by atoms with van der Waals surface area (Å²) in [6.45, 7) is 2.14. The summed E-state index contributed by atoms with van der Waals surface area (Å²) in [7, 11) is 0. The van der Waals surface area contributed by atoms with Gasteiger partial charge in [-0.15, -0.1) is 12.3 Å². The molecule has 0 aliphatic heterocycles. The largest absolute Gasteiger partial charge is 0.120 e. The fourth-order valence-electron chi connectivity index (χ4n) is 0.279. The molecule has 0 atom stereocenters. The normalized spacial score (nSPS) is 6.29. The van der Waals surface area contributed by atoms with Gasteiger partial charge < -0.3 is 0 Å². The zero-order valence-electron chi connectivity index (χ0n) is 4.70. The van der Waals surface area contributed by atoms with Crippen LogP contribution >= 0.6 is 0 Å². The van der Waals surface area contributed by atoms with Crippen LogP contribution in [0.15, 0.2) is 0 Å². The van der Waals surface area contributed by atoms with Crippen molar-refractivity contribution in [3.63, 3.8) is 0 Å². The van der Waals surface area contributed by atoms with E-state index >= 15 is 0 Å². The Hall–Kier alpha value is -0.223. The molecule has 0 rings (SSSR count). The number of hydrogen-bond acceptors (Lipinski definition) is 0. The molecule has 0 saturated carbocycles. The van der Waals surface area contributed by atoms with E-state index in [4.69, 9.17) is 6.42 Å². The molecule has 0 nitrogen and oxygen atoms in total. The van der Waals surface area contributed by atoms with Crippen LogP contribution in [0.25, 0.3) is 0 Å². The fourth-order valence-corrected chi connectivity index (χ4v) is 0.279. The standard InChI is InChI=1S/C6H10.Si/c1-3-5-6-4-2;/h1H,4-6H2,2H3;. The SMILES string of the molecule is C#CCCCC.[Si]. The van der Waals surface area contributed by atoms with Gasteiger partial charge in [0, 0.05) is 17.4 Å². The minimum absolute atomic E-state index is 0. The summed E-state index contributed by atoms with van der Waals surface area (Å²) in [6, 6.07) is 0. The maximum atomic E-state index is 4.96. The topological polar surface area (TPSA) is 0 Å². The van der Waals surface area contributed by atoms with Crippen molar-refractivity contribution in [2.45, 2.75) is 26.2 Å². The van der Waals surface area contributed by atoms with E-state index in [1.54, 1.807) is 0 Å². The molecule has 0 aromatic carbocycles. The predicted octanol–water partition coefficient (Wildman–Crippen LogP) is 1.43. The van der Waals surface area contributed by atoms with Gasteiger partial charge in [-0.1, -0.05) is 13.3 Å². The molecule has 4 radical (unpaired) electrons. The fraction of sp³-hybridized carbons (Fsp3) is 0.667. The lowest BCUT2D eigenvalue weighted by Gasteiger charge is -1.79. The number of unbranched alkanes of at least 4 members (excludes halogenated alkanes) is 2. The van der Waals surface area contributed by atoms with E-state index in [1.807, 2.05) is 0 Å². The molecule has 0 unspecified atom stereocenters. The van der Waals surface area contributed by atoms with E-state index in [0.29, 0.717) is 0 Å². The molecule has 38 valence electrons. The van der Waals surface area contributed by atoms with Crippen LogP contribution in [0.2, 0.25) is 0 Å². The Morgan fingerprint density at radius 1 is 1.57 bits per heavy atom.